The van der Waals surface area contributed by atoms with Crippen LogP contribution < -0.4 is 5.32 Å². The monoisotopic (exact) mass is 623 g/mol. The average Bonchev–Trinajstić information content (AvgIpc) is 3.43. The first-order valence-corrected chi connectivity index (χ1v) is 15.4. The summed E-state index contributed by atoms with van der Waals surface area (Å²) in [6.45, 7) is 7.77. The van der Waals surface area contributed by atoms with Gasteiger partial charge in [0.1, 0.15) is 5.60 Å². The lowest BCUT2D eigenvalue weighted by Gasteiger charge is -2.33. The van der Waals surface area contributed by atoms with Crippen molar-refractivity contribution in [3.8, 4) is 11.4 Å². The van der Waals surface area contributed by atoms with Gasteiger partial charge in [-0.2, -0.15) is 18.2 Å². The number of alkyl carbamates (subject to hydrolysis) is 1. The number of hydrogen-bond donors (Lipinski definition) is 2. The minimum Gasteiger partial charge on any atom is -0.463 e. The second-order valence-electron chi connectivity index (χ2n) is 12.2. The van der Waals surface area contributed by atoms with Crippen molar-refractivity contribution in [2.24, 2.45) is 4.99 Å². The lowest BCUT2D eigenvalue weighted by Crippen LogP contribution is -2.49. The number of ether oxygens (including phenoxy) is 1. The Morgan fingerprint density at radius 2 is 1.80 bits per heavy atom. The molecule has 1 aromatic carbocycles. The fraction of sp³-hybridized carbons (Fsp3) is 0.645. The molecule has 2 amide bonds. The molecule has 244 valence electrons. The number of amides is 2. The molecular weight excluding hydrogens is 579 g/mol. The standard InChI is InChI=1S/C31H44F3N5O5/c1-5-6-7-8-9-10-11-12-14-21-16-17-22(19-24(21)31(32,33)34)25-35-26(44-38-25)23-15-13-18-39(20-23)27(36-28(40)41)37-29(42)43-30(2,3)4/h16-17,19,23H,5-15,18,20H2,1-4H3,(H,40,41)(H,36,37,42)/t23-/m1/s1. The summed E-state index contributed by atoms with van der Waals surface area (Å²) in [4.78, 5) is 33.1. The number of aromatic nitrogens is 2. The molecule has 1 fully saturated rings. The quantitative estimate of drug-likeness (QED) is 0.146. The van der Waals surface area contributed by atoms with Crippen molar-refractivity contribution in [3.05, 3.63) is 35.2 Å². The second-order valence-corrected chi connectivity index (χ2v) is 12.2. The minimum absolute atomic E-state index is 0.0348. The van der Waals surface area contributed by atoms with Crippen LogP contribution in [-0.2, 0) is 17.3 Å². The molecule has 1 aliphatic heterocycles. The van der Waals surface area contributed by atoms with Crippen LogP contribution in [0.4, 0.5) is 22.8 Å². The van der Waals surface area contributed by atoms with Gasteiger partial charge in [0, 0.05) is 18.7 Å². The van der Waals surface area contributed by atoms with Crippen molar-refractivity contribution in [2.75, 3.05) is 13.1 Å². The van der Waals surface area contributed by atoms with Crippen molar-refractivity contribution in [3.63, 3.8) is 0 Å². The van der Waals surface area contributed by atoms with Crippen LogP contribution >= 0.6 is 0 Å². The minimum atomic E-state index is -4.52. The zero-order valence-corrected chi connectivity index (χ0v) is 26.0. The fourth-order valence-corrected chi connectivity index (χ4v) is 5.20. The molecule has 0 saturated carbocycles. The summed E-state index contributed by atoms with van der Waals surface area (Å²) in [6.07, 6.45) is 3.15. The SMILES string of the molecule is CCCCCCCCCCc1ccc(-c2noc([C@@H]3CCCN(/C(=N/C(=O)O)NC(=O)OC(C)(C)C)C3)n2)cc1C(F)(F)F. The number of aryl methyl sites for hydroxylation is 1. The molecule has 0 radical (unpaired) electrons. The summed E-state index contributed by atoms with van der Waals surface area (Å²) in [6, 6.07) is 4.15. The van der Waals surface area contributed by atoms with Crippen LogP contribution in [0.15, 0.2) is 27.7 Å². The maximum Gasteiger partial charge on any atom is 0.434 e. The van der Waals surface area contributed by atoms with Gasteiger partial charge in [0.05, 0.1) is 11.5 Å². The van der Waals surface area contributed by atoms with Crippen LogP contribution in [0.25, 0.3) is 11.4 Å². The predicted molar refractivity (Wildman–Crippen MR) is 159 cm³/mol. The van der Waals surface area contributed by atoms with Crippen LogP contribution in [0.5, 0.6) is 0 Å². The molecular formula is C31H44F3N5O5. The molecule has 0 spiro atoms. The highest BCUT2D eigenvalue weighted by atomic mass is 19.4. The van der Waals surface area contributed by atoms with Crippen LogP contribution in [0.1, 0.15) is 115 Å². The summed E-state index contributed by atoms with van der Waals surface area (Å²) < 4.78 is 52.7. The van der Waals surface area contributed by atoms with E-state index in [0.29, 0.717) is 32.2 Å². The van der Waals surface area contributed by atoms with E-state index in [-0.39, 0.29) is 41.3 Å². The molecule has 0 aliphatic carbocycles. The molecule has 2 aromatic rings. The Morgan fingerprint density at radius 3 is 2.43 bits per heavy atom. The van der Waals surface area contributed by atoms with Crippen LogP contribution in [0.2, 0.25) is 0 Å². The molecule has 13 heteroatoms. The number of rotatable bonds is 11. The molecule has 2 heterocycles. The Labute approximate surface area is 256 Å². The van der Waals surface area contributed by atoms with Gasteiger partial charge < -0.3 is 19.3 Å². The number of nitrogens with zero attached hydrogens (tertiary/aromatic N) is 4. The molecule has 44 heavy (non-hydrogen) atoms. The Hall–Kier alpha value is -3.64. The van der Waals surface area contributed by atoms with Gasteiger partial charge >= 0.3 is 18.4 Å². The van der Waals surface area contributed by atoms with Crippen molar-refractivity contribution < 1.29 is 37.1 Å². The Kier molecular flexibility index (Phi) is 12.6. The van der Waals surface area contributed by atoms with Crippen molar-refractivity contribution in [1.82, 2.24) is 20.4 Å². The van der Waals surface area contributed by atoms with E-state index in [1.54, 1.807) is 31.7 Å². The van der Waals surface area contributed by atoms with E-state index in [1.165, 1.54) is 31.7 Å². The third-order valence-electron chi connectivity index (χ3n) is 7.30. The molecule has 1 saturated heterocycles. The summed E-state index contributed by atoms with van der Waals surface area (Å²) in [5.41, 5.74) is -1.06. The third kappa shape index (κ3) is 11.1. The second kappa shape index (κ2) is 15.9. The highest BCUT2D eigenvalue weighted by molar-refractivity contribution is 5.98. The number of halogens is 3. The number of guanidine groups is 1. The number of alkyl halides is 3. The molecule has 3 rings (SSSR count). The number of likely N-dealkylation sites (tertiary alicyclic amines) is 1. The Bertz CT molecular complexity index is 1270. The van der Waals surface area contributed by atoms with Crippen molar-refractivity contribution >= 4 is 18.1 Å². The third-order valence-corrected chi connectivity index (χ3v) is 7.30. The van der Waals surface area contributed by atoms with E-state index in [1.807, 2.05) is 0 Å². The summed E-state index contributed by atoms with van der Waals surface area (Å²) in [5, 5.41) is 15.6. The van der Waals surface area contributed by atoms with Crippen LogP contribution in [0, 0.1) is 0 Å². The van der Waals surface area contributed by atoms with E-state index in [0.717, 1.165) is 25.3 Å². The molecule has 2 N–H and O–H groups in total. The first kappa shape index (κ1) is 34.8. The molecule has 0 unspecified atom stereocenters. The van der Waals surface area contributed by atoms with Gasteiger partial charge in [-0.3, -0.25) is 5.32 Å². The normalized spacial score (nSPS) is 16.2. The topological polar surface area (TPSA) is 130 Å². The number of carbonyl (C=O) groups excluding carboxylic acids is 1. The number of aliphatic imine (C=N–C) groups is 1. The maximum absolute atomic E-state index is 14.0. The summed E-state index contributed by atoms with van der Waals surface area (Å²) in [7, 11) is 0. The van der Waals surface area contributed by atoms with Gasteiger partial charge in [-0.1, -0.05) is 69.2 Å². The molecule has 0 bridgehead atoms. The molecule has 1 aromatic heterocycles. The number of carbonyl (C=O) groups is 2. The largest absolute Gasteiger partial charge is 0.463 e. The van der Waals surface area contributed by atoms with Crippen LogP contribution in [-0.4, -0.2) is 57.0 Å². The smallest absolute Gasteiger partial charge is 0.434 e. The Morgan fingerprint density at radius 1 is 1.11 bits per heavy atom. The number of piperidine rings is 1. The van der Waals surface area contributed by atoms with Gasteiger partial charge in [0.25, 0.3) is 0 Å². The first-order valence-electron chi connectivity index (χ1n) is 15.4. The zero-order valence-electron chi connectivity index (χ0n) is 26.0. The van der Waals surface area contributed by atoms with Gasteiger partial charge in [-0.25, -0.2) is 9.59 Å². The number of benzene rings is 1. The molecule has 10 nitrogen and oxygen atoms in total. The van der Waals surface area contributed by atoms with Crippen molar-refractivity contribution in [2.45, 2.75) is 116 Å². The van der Waals surface area contributed by atoms with Crippen LogP contribution in [0.3, 0.4) is 0 Å². The highest BCUT2D eigenvalue weighted by Gasteiger charge is 2.34. The van der Waals surface area contributed by atoms with E-state index < -0.39 is 29.5 Å². The number of hydrogen-bond acceptors (Lipinski definition) is 6. The molecule has 1 aliphatic rings. The predicted octanol–water partition coefficient (Wildman–Crippen LogP) is 8.18. The van der Waals surface area contributed by atoms with E-state index in [2.05, 4.69) is 27.4 Å². The van der Waals surface area contributed by atoms with E-state index >= 15 is 0 Å². The van der Waals surface area contributed by atoms with Crippen molar-refractivity contribution in [1.29, 1.82) is 0 Å². The summed E-state index contributed by atoms with van der Waals surface area (Å²) >= 11 is 0. The number of nitrogens with one attached hydrogen (secondary N) is 1. The van der Waals surface area contributed by atoms with Gasteiger partial charge in [0.15, 0.2) is 0 Å². The van der Waals surface area contributed by atoms with E-state index in [9.17, 15) is 27.9 Å². The van der Waals surface area contributed by atoms with Gasteiger partial charge in [-0.15, -0.1) is 4.99 Å². The lowest BCUT2D eigenvalue weighted by molar-refractivity contribution is -0.138. The average molecular weight is 624 g/mol. The van der Waals surface area contributed by atoms with Gasteiger partial charge in [-0.05, 0) is 58.1 Å². The highest BCUT2D eigenvalue weighted by Crippen LogP contribution is 2.36. The zero-order chi connectivity index (χ0) is 32.3. The Balaban J connectivity index is 1.69. The number of carboxylic acid groups (broad SMARTS) is 1. The lowest BCUT2D eigenvalue weighted by atomic mass is 9.97. The number of unbranched alkanes of at least 4 members (excludes halogenated alkanes) is 7. The van der Waals surface area contributed by atoms with E-state index in [4.69, 9.17) is 9.26 Å². The molecule has 1 atom stereocenters. The summed E-state index contributed by atoms with van der Waals surface area (Å²) in [5.74, 6) is -0.327. The fourth-order valence-electron chi connectivity index (χ4n) is 5.20. The first-order chi connectivity index (χ1) is 20.8. The maximum atomic E-state index is 14.0. The van der Waals surface area contributed by atoms with Gasteiger partial charge in [0.2, 0.25) is 17.7 Å².